The fourth-order valence-electron chi connectivity index (χ4n) is 3.43. The van der Waals surface area contributed by atoms with Crippen molar-refractivity contribution in [2.45, 2.75) is 20.3 Å². The Morgan fingerprint density at radius 3 is 2.24 bits per heavy atom. The van der Waals surface area contributed by atoms with Crippen LogP contribution in [0, 0.1) is 6.92 Å². The standard InChI is InChI=1S/C22H23N3O2S2/c1-3-16-4-6-17(7-5-16)21(26)24-9-11-25(12-10-24)22(27)19-15(2)23-20(29-19)18-8-13-28-14-18/h4-8,13-14H,3,9-12H2,1-2H3. The van der Waals surface area contributed by atoms with E-state index in [4.69, 9.17) is 0 Å². The van der Waals surface area contributed by atoms with Crippen LogP contribution in [0.1, 0.15) is 38.2 Å². The van der Waals surface area contributed by atoms with E-state index in [0.717, 1.165) is 22.7 Å². The summed E-state index contributed by atoms with van der Waals surface area (Å²) in [6, 6.07) is 9.82. The van der Waals surface area contributed by atoms with Crippen LogP contribution in [-0.4, -0.2) is 52.8 Å². The van der Waals surface area contributed by atoms with E-state index in [1.807, 2.05) is 57.8 Å². The molecule has 29 heavy (non-hydrogen) atoms. The van der Waals surface area contributed by atoms with Crippen LogP contribution >= 0.6 is 22.7 Å². The Balaban J connectivity index is 1.40. The monoisotopic (exact) mass is 425 g/mol. The van der Waals surface area contributed by atoms with Crippen molar-refractivity contribution in [2.75, 3.05) is 26.2 Å². The average Bonchev–Trinajstić information content (AvgIpc) is 3.43. The zero-order valence-electron chi connectivity index (χ0n) is 16.6. The summed E-state index contributed by atoms with van der Waals surface area (Å²) in [4.78, 5) is 34.7. The summed E-state index contributed by atoms with van der Waals surface area (Å²) in [6.45, 7) is 6.18. The van der Waals surface area contributed by atoms with Gasteiger partial charge in [0.25, 0.3) is 11.8 Å². The molecule has 0 saturated carbocycles. The van der Waals surface area contributed by atoms with E-state index >= 15 is 0 Å². The number of rotatable bonds is 4. The van der Waals surface area contributed by atoms with Gasteiger partial charge in [0.15, 0.2) is 0 Å². The lowest BCUT2D eigenvalue weighted by Crippen LogP contribution is -2.50. The summed E-state index contributed by atoms with van der Waals surface area (Å²) < 4.78 is 0. The molecule has 3 heterocycles. The van der Waals surface area contributed by atoms with Crippen LogP contribution in [0.4, 0.5) is 0 Å². The molecule has 0 radical (unpaired) electrons. The topological polar surface area (TPSA) is 53.5 Å². The molecule has 0 unspecified atom stereocenters. The van der Waals surface area contributed by atoms with Gasteiger partial charge in [-0.2, -0.15) is 11.3 Å². The largest absolute Gasteiger partial charge is 0.335 e. The number of carbonyl (C=O) groups is 2. The first-order valence-corrected chi connectivity index (χ1v) is 11.5. The van der Waals surface area contributed by atoms with E-state index in [-0.39, 0.29) is 11.8 Å². The van der Waals surface area contributed by atoms with Crippen LogP contribution < -0.4 is 0 Å². The molecule has 4 rings (SSSR count). The average molecular weight is 426 g/mol. The van der Waals surface area contributed by atoms with Gasteiger partial charge in [-0.25, -0.2) is 4.98 Å². The summed E-state index contributed by atoms with van der Waals surface area (Å²) >= 11 is 3.07. The summed E-state index contributed by atoms with van der Waals surface area (Å²) in [5.74, 6) is 0.0503. The van der Waals surface area contributed by atoms with E-state index in [0.29, 0.717) is 36.6 Å². The molecule has 7 heteroatoms. The van der Waals surface area contributed by atoms with E-state index in [2.05, 4.69) is 11.9 Å². The predicted octanol–water partition coefficient (Wildman–Crippen LogP) is 4.34. The summed E-state index contributed by atoms with van der Waals surface area (Å²) in [7, 11) is 0. The maximum atomic E-state index is 13.0. The van der Waals surface area contributed by atoms with Gasteiger partial charge in [0.05, 0.1) is 5.69 Å². The second kappa shape index (κ2) is 8.47. The van der Waals surface area contributed by atoms with Gasteiger partial charge in [-0.1, -0.05) is 19.1 Å². The Morgan fingerprint density at radius 1 is 1.00 bits per heavy atom. The van der Waals surface area contributed by atoms with Gasteiger partial charge < -0.3 is 9.80 Å². The summed E-state index contributed by atoms with van der Waals surface area (Å²) in [5, 5.41) is 4.94. The van der Waals surface area contributed by atoms with E-state index in [1.54, 1.807) is 11.3 Å². The van der Waals surface area contributed by atoms with Crippen LogP contribution in [-0.2, 0) is 6.42 Å². The molecule has 0 aliphatic carbocycles. The molecule has 1 aliphatic rings. The number of piperazine rings is 1. The number of nitrogens with zero attached hydrogens (tertiary/aromatic N) is 3. The number of hydrogen-bond acceptors (Lipinski definition) is 5. The molecule has 0 atom stereocenters. The quantitative estimate of drug-likeness (QED) is 0.625. The second-order valence-corrected chi connectivity index (χ2v) is 8.86. The zero-order chi connectivity index (χ0) is 20.4. The van der Waals surface area contributed by atoms with Gasteiger partial charge in [-0.15, -0.1) is 11.3 Å². The Morgan fingerprint density at radius 2 is 1.66 bits per heavy atom. The summed E-state index contributed by atoms with van der Waals surface area (Å²) in [5.41, 5.74) is 3.77. The summed E-state index contributed by atoms with van der Waals surface area (Å²) in [6.07, 6.45) is 0.959. The fraction of sp³-hybridized carbons (Fsp3) is 0.318. The molecule has 150 valence electrons. The Labute approximate surface area is 178 Å². The van der Waals surface area contributed by atoms with Gasteiger partial charge in [-0.3, -0.25) is 9.59 Å². The number of carbonyl (C=O) groups excluding carboxylic acids is 2. The molecule has 1 saturated heterocycles. The number of aryl methyl sites for hydroxylation is 2. The maximum Gasteiger partial charge on any atom is 0.265 e. The lowest BCUT2D eigenvalue weighted by Gasteiger charge is -2.34. The van der Waals surface area contributed by atoms with Crippen LogP contribution in [0.5, 0.6) is 0 Å². The van der Waals surface area contributed by atoms with Gasteiger partial charge in [-0.05, 0) is 42.5 Å². The molecule has 1 fully saturated rings. The molecular weight excluding hydrogens is 402 g/mol. The van der Waals surface area contributed by atoms with Crippen molar-refractivity contribution >= 4 is 34.5 Å². The highest BCUT2D eigenvalue weighted by Gasteiger charge is 2.28. The van der Waals surface area contributed by atoms with Crippen LogP contribution in [0.2, 0.25) is 0 Å². The van der Waals surface area contributed by atoms with Crippen molar-refractivity contribution in [3.63, 3.8) is 0 Å². The van der Waals surface area contributed by atoms with Crippen molar-refractivity contribution in [3.8, 4) is 10.6 Å². The molecule has 0 bridgehead atoms. The van der Waals surface area contributed by atoms with Crippen molar-refractivity contribution in [3.05, 3.63) is 62.8 Å². The first kappa shape index (κ1) is 19.8. The number of thiazole rings is 1. The third-order valence-corrected chi connectivity index (χ3v) is 7.10. The molecule has 3 aromatic rings. The number of hydrogen-bond donors (Lipinski definition) is 0. The van der Waals surface area contributed by atoms with Crippen LogP contribution in [0.3, 0.4) is 0 Å². The molecule has 0 N–H and O–H groups in total. The molecular formula is C22H23N3O2S2. The van der Waals surface area contributed by atoms with Gasteiger partial charge in [0.2, 0.25) is 0 Å². The molecule has 2 amide bonds. The van der Waals surface area contributed by atoms with Gasteiger partial charge in [0, 0.05) is 42.7 Å². The van der Waals surface area contributed by atoms with Gasteiger partial charge >= 0.3 is 0 Å². The van der Waals surface area contributed by atoms with Gasteiger partial charge in [0.1, 0.15) is 9.88 Å². The number of benzene rings is 1. The van der Waals surface area contributed by atoms with Crippen molar-refractivity contribution < 1.29 is 9.59 Å². The second-order valence-electron chi connectivity index (χ2n) is 7.08. The third kappa shape index (κ3) is 4.11. The minimum atomic E-state index is 0.0147. The van der Waals surface area contributed by atoms with Crippen LogP contribution in [0.15, 0.2) is 41.1 Å². The fourth-order valence-corrected chi connectivity index (χ4v) is 5.17. The minimum absolute atomic E-state index is 0.0147. The first-order chi connectivity index (χ1) is 14.1. The molecule has 1 aliphatic heterocycles. The smallest absolute Gasteiger partial charge is 0.265 e. The highest BCUT2D eigenvalue weighted by Crippen LogP contribution is 2.30. The molecule has 5 nitrogen and oxygen atoms in total. The Kier molecular flexibility index (Phi) is 5.78. The predicted molar refractivity (Wildman–Crippen MR) is 118 cm³/mol. The highest BCUT2D eigenvalue weighted by molar-refractivity contribution is 7.17. The number of aromatic nitrogens is 1. The Hall–Kier alpha value is -2.51. The highest BCUT2D eigenvalue weighted by atomic mass is 32.1. The maximum absolute atomic E-state index is 13.0. The SMILES string of the molecule is CCc1ccc(C(=O)N2CCN(C(=O)c3sc(-c4ccsc4)nc3C)CC2)cc1. The lowest BCUT2D eigenvalue weighted by atomic mass is 10.1. The zero-order valence-corrected chi connectivity index (χ0v) is 18.2. The van der Waals surface area contributed by atoms with E-state index in [9.17, 15) is 9.59 Å². The number of amides is 2. The Bertz CT molecular complexity index is 1000. The van der Waals surface area contributed by atoms with Crippen molar-refractivity contribution in [2.24, 2.45) is 0 Å². The molecule has 1 aromatic carbocycles. The lowest BCUT2D eigenvalue weighted by molar-refractivity contribution is 0.0537. The van der Waals surface area contributed by atoms with Crippen LogP contribution in [0.25, 0.3) is 10.6 Å². The minimum Gasteiger partial charge on any atom is -0.335 e. The normalized spacial score (nSPS) is 14.3. The first-order valence-electron chi connectivity index (χ1n) is 9.74. The van der Waals surface area contributed by atoms with Crippen molar-refractivity contribution in [1.29, 1.82) is 0 Å². The number of thiophene rings is 1. The third-order valence-electron chi connectivity index (χ3n) is 5.22. The molecule has 2 aromatic heterocycles. The van der Waals surface area contributed by atoms with Crippen molar-refractivity contribution in [1.82, 2.24) is 14.8 Å². The van der Waals surface area contributed by atoms with E-state index in [1.165, 1.54) is 16.9 Å². The molecule has 0 spiro atoms. The van der Waals surface area contributed by atoms with E-state index < -0.39 is 0 Å².